The van der Waals surface area contributed by atoms with E-state index in [2.05, 4.69) is 10.0 Å². The Balaban J connectivity index is 1.60. The number of rotatable bonds is 8. The van der Waals surface area contributed by atoms with Crippen molar-refractivity contribution in [2.45, 2.75) is 62.6 Å². The summed E-state index contributed by atoms with van der Waals surface area (Å²) in [7, 11) is -3.36. The topological polar surface area (TPSA) is 76.7 Å². The fraction of sp³-hybridized carbons (Fsp3) is 0.700. The van der Waals surface area contributed by atoms with Gasteiger partial charge in [-0.15, -0.1) is 0 Å². The average molecular weight is 433 g/mol. The van der Waals surface area contributed by atoms with E-state index >= 15 is 0 Å². The van der Waals surface area contributed by atoms with E-state index in [1.165, 1.54) is 0 Å². The molecular weight excluding hydrogens is 402 g/mol. The van der Waals surface area contributed by atoms with Gasteiger partial charge in [-0.3, -0.25) is 0 Å². The first kappa shape index (κ1) is 22.4. The molecule has 29 heavy (non-hydrogen) atoms. The second-order valence-electron chi connectivity index (χ2n) is 7.88. The third-order valence-corrected chi connectivity index (χ3v) is 6.35. The molecule has 1 heterocycles. The molecular formula is C20H30F2N2O4S. The van der Waals surface area contributed by atoms with E-state index < -0.39 is 22.0 Å². The van der Waals surface area contributed by atoms with Gasteiger partial charge < -0.3 is 14.8 Å². The van der Waals surface area contributed by atoms with Crippen molar-refractivity contribution in [1.29, 1.82) is 0 Å². The van der Waals surface area contributed by atoms with E-state index in [1.54, 1.807) is 0 Å². The molecule has 0 unspecified atom stereocenters. The van der Waals surface area contributed by atoms with Crippen molar-refractivity contribution in [2.75, 3.05) is 26.0 Å². The quantitative estimate of drug-likeness (QED) is 0.661. The van der Waals surface area contributed by atoms with Gasteiger partial charge >= 0.3 is 0 Å². The van der Waals surface area contributed by atoms with Gasteiger partial charge in [0.15, 0.2) is 0 Å². The summed E-state index contributed by atoms with van der Waals surface area (Å²) in [5.41, 5.74) is 0.822. The Labute approximate surface area is 171 Å². The van der Waals surface area contributed by atoms with E-state index in [0.29, 0.717) is 31.7 Å². The molecule has 6 nitrogen and oxygen atoms in total. The fourth-order valence-corrected chi connectivity index (χ4v) is 5.11. The molecule has 1 aliphatic carbocycles. The summed E-state index contributed by atoms with van der Waals surface area (Å²) in [6.45, 7) is 3.04. The molecule has 0 amide bonds. The number of alkyl halides is 2. The van der Waals surface area contributed by atoms with E-state index in [4.69, 9.17) is 9.47 Å². The first-order valence-corrected chi connectivity index (χ1v) is 12.0. The predicted molar refractivity (Wildman–Crippen MR) is 107 cm³/mol. The van der Waals surface area contributed by atoms with Crippen molar-refractivity contribution >= 4 is 10.0 Å². The lowest BCUT2D eigenvalue weighted by atomic mass is 9.80. The maximum atomic E-state index is 14.9. The van der Waals surface area contributed by atoms with Crippen molar-refractivity contribution in [2.24, 2.45) is 0 Å². The molecule has 1 aromatic carbocycles. The first-order chi connectivity index (χ1) is 13.7. The van der Waals surface area contributed by atoms with E-state index in [0.717, 1.165) is 11.8 Å². The van der Waals surface area contributed by atoms with Crippen LogP contribution in [0.1, 0.15) is 44.1 Å². The number of nitrogens with one attached hydrogen (secondary N) is 2. The fourth-order valence-electron chi connectivity index (χ4n) is 4.28. The van der Waals surface area contributed by atoms with Gasteiger partial charge in [-0.2, -0.15) is 0 Å². The summed E-state index contributed by atoms with van der Waals surface area (Å²) in [4.78, 5) is 0. The Kier molecular flexibility index (Phi) is 7.14. The van der Waals surface area contributed by atoms with E-state index in [1.807, 2.05) is 31.2 Å². The van der Waals surface area contributed by atoms with Gasteiger partial charge in [-0.05, 0) is 50.3 Å². The molecule has 3 rings (SSSR count). The molecule has 4 atom stereocenters. The van der Waals surface area contributed by atoms with Crippen LogP contribution in [-0.4, -0.2) is 58.5 Å². The monoisotopic (exact) mass is 432 g/mol. The lowest BCUT2D eigenvalue weighted by molar-refractivity contribution is -0.164. The van der Waals surface area contributed by atoms with Crippen LogP contribution in [0.15, 0.2) is 24.3 Å². The Morgan fingerprint density at radius 2 is 2.00 bits per heavy atom. The summed E-state index contributed by atoms with van der Waals surface area (Å²) in [6.07, 6.45) is 1.09. The van der Waals surface area contributed by atoms with Crippen LogP contribution in [0.4, 0.5) is 8.78 Å². The number of sulfonamides is 1. The van der Waals surface area contributed by atoms with Crippen molar-refractivity contribution in [3.8, 4) is 5.75 Å². The van der Waals surface area contributed by atoms with Gasteiger partial charge in [-0.1, -0.05) is 18.2 Å². The van der Waals surface area contributed by atoms with Gasteiger partial charge in [0, 0.05) is 18.5 Å². The summed E-state index contributed by atoms with van der Waals surface area (Å²) < 4.78 is 66.5. The Hall–Kier alpha value is -1.29. The van der Waals surface area contributed by atoms with Crippen LogP contribution < -0.4 is 14.8 Å². The number of ether oxygens (including phenoxy) is 2. The van der Waals surface area contributed by atoms with Crippen molar-refractivity contribution in [3.63, 3.8) is 0 Å². The van der Waals surface area contributed by atoms with E-state index in [9.17, 15) is 17.2 Å². The standard InChI is InChI=1S/C20H30F2N2O4S/c1-3-27-18-7-5-4-6-15(18)14-8-9-19(20(21,22)12-14)28-13-17-16(10-11-23-17)24-29(2,25)26/h4-7,14,16-17,19,23-24H,3,8-13H2,1-2H3/t14-,16+,17+,19+/m1/s1. The molecule has 2 fully saturated rings. The van der Waals surface area contributed by atoms with Crippen molar-refractivity contribution < 1.29 is 26.7 Å². The molecule has 0 aromatic heterocycles. The highest BCUT2D eigenvalue weighted by atomic mass is 32.2. The van der Waals surface area contributed by atoms with Gasteiger partial charge in [0.25, 0.3) is 5.92 Å². The van der Waals surface area contributed by atoms with Gasteiger partial charge in [-0.25, -0.2) is 21.9 Å². The second-order valence-corrected chi connectivity index (χ2v) is 9.66. The number of hydrogen-bond donors (Lipinski definition) is 2. The molecule has 0 spiro atoms. The van der Waals surface area contributed by atoms with Crippen LogP contribution in [0.2, 0.25) is 0 Å². The van der Waals surface area contributed by atoms with Crippen LogP contribution in [0.3, 0.4) is 0 Å². The zero-order valence-corrected chi connectivity index (χ0v) is 17.7. The lowest BCUT2D eigenvalue weighted by Crippen LogP contribution is -2.48. The lowest BCUT2D eigenvalue weighted by Gasteiger charge is -2.37. The minimum absolute atomic E-state index is 0.0492. The molecule has 0 bridgehead atoms. The Bertz CT molecular complexity index is 790. The minimum Gasteiger partial charge on any atom is -0.494 e. The Morgan fingerprint density at radius 3 is 2.69 bits per heavy atom. The predicted octanol–water partition coefficient (Wildman–Crippen LogP) is 2.65. The highest BCUT2D eigenvalue weighted by molar-refractivity contribution is 7.88. The van der Waals surface area contributed by atoms with Crippen LogP contribution in [0.25, 0.3) is 0 Å². The van der Waals surface area contributed by atoms with Crippen LogP contribution in [-0.2, 0) is 14.8 Å². The van der Waals surface area contributed by atoms with Gasteiger partial charge in [0.05, 0.1) is 19.5 Å². The van der Waals surface area contributed by atoms with Crippen molar-refractivity contribution in [1.82, 2.24) is 10.0 Å². The maximum Gasteiger partial charge on any atom is 0.274 e. The van der Waals surface area contributed by atoms with Crippen LogP contribution in [0, 0.1) is 0 Å². The highest BCUT2D eigenvalue weighted by Gasteiger charge is 2.47. The summed E-state index contributed by atoms with van der Waals surface area (Å²) in [5.74, 6) is -2.57. The molecule has 2 aliphatic rings. The number of halogens is 2. The normalized spacial score (nSPS) is 29.7. The zero-order valence-electron chi connectivity index (χ0n) is 16.9. The minimum atomic E-state index is -3.36. The average Bonchev–Trinajstić information content (AvgIpc) is 3.06. The Morgan fingerprint density at radius 1 is 1.24 bits per heavy atom. The van der Waals surface area contributed by atoms with Crippen LogP contribution in [0.5, 0.6) is 5.75 Å². The van der Waals surface area contributed by atoms with Crippen molar-refractivity contribution in [3.05, 3.63) is 29.8 Å². The first-order valence-electron chi connectivity index (χ1n) is 10.1. The molecule has 1 aliphatic heterocycles. The number of para-hydroxylation sites is 1. The second kappa shape index (κ2) is 9.24. The van der Waals surface area contributed by atoms with E-state index in [-0.39, 0.29) is 37.5 Å². The molecule has 9 heteroatoms. The van der Waals surface area contributed by atoms with Gasteiger partial charge in [0.2, 0.25) is 10.0 Å². The molecule has 2 N–H and O–H groups in total. The summed E-state index contributed by atoms with van der Waals surface area (Å²) in [5, 5.41) is 3.14. The summed E-state index contributed by atoms with van der Waals surface area (Å²) in [6, 6.07) is 6.72. The van der Waals surface area contributed by atoms with Crippen LogP contribution >= 0.6 is 0 Å². The summed E-state index contributed by atoms with van der Waals surface area (Å²) >= 11 is 0. The van der Waals surface area contributed by atoms with Gasteiger partial charge in [0.1, 0.15) is 11.9 Å². The molecule has 1 aromatic rings. The molecule has 1 saturated heterocycles. The molecule has 1 saturated carbocycles. The third-order valence-electron chi connectivity index (χ3n) is 5.62. The maximum absolute atomic E-state index is 14.9. The smallest absolute Gasteiger partial charge is 0.274 e. The number of hydrogen-bond acceptors (Lipinski definition) is 5. The highest BCUT2D eigenvalue weighted by Crippen LogP contribution is 2.45. The SMILES string of the molecule is CCOc1ccccc1[C@@H]1CC[C@H](OC[C@@H]2NCC[C@@H]2NS(C)(=O)=O)C(F)(F)C1. The zero-order chi connectivity index (χ0) is 21.1. The largest absolute Gasteiger partial charge is 0.494 e. The molecule has 0 radical (unpaired) electrons. The number of benzene rings is 1. The molecule has 164 valence electrons. The third kappa shape index (κ3) is 5.87.